The summed E-state index contributed by atoms with van der Waals surface area (Å²) in [5, 5.41) is 12.7. The van der Waals surface area contributed by atoms with Crippen LogP contribution in [0.15, 0.2) is 0 Å². The topological polar surface area (TPSA) is 58.6 Å². The number of carboxylic acids is 1. The minimum absolute atomic E-state index is 0.243. The van der Waals surface area contributed by atoms with E-state index in [0.29, 0.717) is 13.2 Å². The monoisotopic (exact) mass is 257 g/mol. The van der Waals surface area contributed by atoms with Gasteiger partial charge in [0.2, 0.25) is 0 Å². The third-order valence-corrected chi connectivity index (χ3v) is 3.57. The zero-order valence-electron chi connectivity index (χ0n) is 11.7. The first kappa shape index (κ1) is 15.4. The second kappa shape index (κ2) is 7.74. The molecule has 0 aromatic carbocycles. The number of aliphatic carboxylic acids is 1. The molecule has 0 aromatic rings. The predicted molar refractivity (Wildman–Crippen MR) is 71.7 cm³/mol. The Morgan fingerprint density at radius 1 is 1.33 bits per heavy atom. The molecule has 1 unspecified atom stereocenters. The average molecular weight is 257 g/mol. The van der Waals surface area contributed by atoms with Crippen LogP contribution in [-0.2, 0) is 9.53 Å². The number of rotatable bonds is 11. The smallest absolute Gasteiger partial charge is 0.326 e. The molecule has 106 valence electrons. The Kier molecular flexibility index (Phi) is 6.65. The molecule has 1 aliphatic rings. The highest BCUT2D eigenvalue weighted by molar-refractivity contribution is 5.80. The van der Waals surface area contributed by atoms with E-state index >= 15 is 0 Å². The van der Waals surface area contributed by atoms with Crippen LogP contribution < -0.4 is 5.32 Å². The highest BCUT2D eigenvalue weighted by atomic mass is 16.5. The van der Waals surface area contributed by atoms with Gasteiger partial charge >= 0.3 is 5.97 Å². The van der Waals surface area contributed by atoms with Gasteiger partial charge in [-0.05, 0) is 38.1 Å². The number of ether oxygens (including phenoxy) is 1. The summed E-state index contributed by atoms with van der Waals surface area (Å²) >= 11 is 0. The molecule has 0 spiro atoms. The van der Waals surface area contributed by atoms with E-state index in [-0.39, 0.29) is 5.92 Å². The number of hydrogen-bond donors (Lipinski definition) is 2. The molecule has 18 heavy (non-hydrogen) atoms. The number of hydrogen-bond acceptors (Lipinski definition) is 3. The second-order valence-electron chi connectivity index (χ2n) is 5.24. The minimum Gasteiger partial charge on any atom is -0.480 e. The van der Waals surface area contributed by atoms with Gasteiger partial charge < -0.3 is 9.84 Å². The van der Waals surface area contributed by atoms with Crippen LogP contribution >= 0.6 is 0 Å². The van der Waals surface area contributed by atoms with Crippen LogP contribution in [0.3, 0.4) is 0 Å². The van der Waals surface area contributed by atoms with Crippen molar-refractivity contribution >= 4 is 5.97 Å². The summed E-state index contributed by atoms with van der Waals surface area (Å²) in [5.74, 6) is -0.512. The van der Waals surface area contributed by atoms with E-state index in [4.69, 9.17) is 4.74 Å². The molecule has 1 rings (SSSR count). The van der Waals surface area contributed by atoms with Crippen molar-refractivity contribution in [1.29, 1.82) is 0 Å². The van der Waals surface area contributed by atoms with Crippen molar-refractivity contribution in [2.75, 3.05) is 19.8 Å². The van der Waals surface area contributed by atoms with Crippen molar-refractivity contribution < 1.29 is 14.6 Å². The van der Waals surface area contributed by atoms with Gasteiger partial charge in [-0.3, -0.25) is 10.1 Å². The van der Waals surface area contributed by atoms with E-state index < -0.39 is 11.5 Å². The molecule has 1 fully saturated rings. The maximum atomic E-state index is 11.6. The summed E-state index contributed by atoms with van der Waals surface area (Å²) in [5.41, 5.74) is -0.845. The lowest BCUT2D eigenvalue weighted by Crippen LogP contribution is -2.57. The fraction of sp³-hybridized carbons (Fsp3) is 0.929. The van der Waals surface area contributed by atoms with E-state index in [1.54, 1.807) is 0 Å². The SMILES string of the molecule is CCCCCOCC(NCCC)(C(=O)O)C1CC1. The lowest BCUT2D eigenvalue weighted by molar-refractivity contribution is -0.149. The summed E-state index contributed by atoms with van der Waals surface area (Å²) in [7, 11) is 0. The van der Waals surface area contributed by atoms with E-state index in [9.17, 15) is 9.90 Å². The molecular weight excluding hydrogens is 230 g/mol. The number of carboxylic acid groups (broad SMARTS) is 1. The number of unbranched alkanes of at least 4 members (excludes halogenated alkanes) is 2. The summed E-state index contributed by atoms with van der Waals surface area (Å²) in [4.78, 5) is 11.6. The van der Waals surface area contributed by atoms with Crippen LogP contribution in [0, 0.1) is 5.92 Å². The van der Waals surface area contributed by atoms with Crippen LogP contribution in [-0.4, -0.2) is 36.4 Å². The van der Waals surface area contributed by atoms with E-state index in [0.717, 1.165) is 45.1 Å². The lowest BCUT2D eigenvalue weighted by atomic mass is 9.94. The molecule has 0 bridgehead atoms. The zero-order chi connectivity index (χ0) is 13.4. The third kappa shape index (κ3) is 4.25. The first-order valence-electron chi connectivity index (χ1n) is 7.23. The van der Waals surface area contributed by atoms with Gasteiger partial charge in [0.25, 0.3) is 0 Å². The second-order valence-corrected chi connectivity index (χ2v) is 5.24. The largest absolute Gasteiger partial charge is 0.480 e. The van der Waals surface area contributed by atoms with Gasteiger partial charge in [-0.15, -0.1) is 0 Å². The van der Waals surface area contributed by atoms with Gasteiger partial charge in [0.05, 0.1) is 6.61 Å². The molecular formula is C14H27NO3. The van der Waals surface area contributed by atoms with Crippen LogP contribution in [0.2, 0.25) is 0 Å². The molecule has 0 aromatic heterocycles. The van der Waals surface area contributed by atoms with Gasteiger partial charge in [-0.2, -0.15) is 0 Å². The van der Waals surface area contributed by atoms with Crippen molar-refractivity contribution in [2.45, 2.75) is 57.9 Å². The average Bonchev–Trinajstić information content (AvgIpc) is 3.17. The molecule has 0 saturated heterocycles. The maximum absolute atomic E-state index is 11.6. The van der Waals surface area contributed by atoms with Crippen molar-refractivity contribution in [3.8, 4) is 0 Å². The van der Waals surface area contributed by atoms with Crippen molar-refractivity contribution in [1.82, 2.24) is 5.32 Å². The molecule has 4 heteroatoms. The van der Waals surface area contributed by atoms with Crippen molar-refractivity contribution in [3.63, 3.8) is 0 Å². The minimum atomic E-state index is -0.845. The first-order valence-corrected chi connectivity index (χ1v) is 7.23. The van der Waals surface area contributed by atoms with Crippen LogP contribution in [0.5, 0.6) is 0 Å². The standard InChI is InChI=1S/C14H27NO3/c1-3-5-6-10-18-11-14(13(16)17,12-7-8-12)15-9-4-2/h12,15H,3-11H2,1-2H3,(H,16,17). The first-order chi connectivity index (χ1) is 8.67. The Labute approximate surface area is 110 Å². The van der Waals surface area contributed by atoms with Gasteiger partial charge in [-0.1, -0.05) is 26.7 Å². The number of nitrogens with one attached hydrogen (secondary N) is 1. The van der Waals surface area contributed by atoms with Crippen molar-refractivity contribution in [2.24, 2.45) is 5.92 Å². The molecule has 1 atom stereocenters. The molecule has 1 aliphatic carbocycles. The zero-order valence-corrected chi connectivity index (χ0v) is 11.7. The quantitative estimate of drug-likeness (QED) is 0.558. The highest BCUT2D eigenvalue weighted by Gasteiger charge is 2.51. The Morgan fingerprint density at radius 3 is 2.56 bits per heavy atom. The Bertz CT molecular complexity index is 253. The maximum Gasteiger partial charge on any atom is 0.326 e. The van der Waals surface area contributed by atoms with E-state index in [1.807, 2.05) is 0 Å². The molecule has 1 saturated carbocycles. The number of carbonyl (C=O) groups is 1. The highest BCUT2D eigenvalue weighted by Crippen LogP contribution is 2.40. The van der Waals surface area contributed by atoms with E-state index in [2.05, 4.69) is 19.2 Å². The Balaban J connectivity index is 2.45. The summed E-state index contributed by atoms with van der Waals surface area (Å²) in [6.45, 7) is 5.91. The lowest BCUT2D eigenvalue weighted by Gasteiger charge is -2.30. The fourth-order valence-electron chi connectivity index (χ4n) is 2.24. The summed E-state index contributed by atoms with van der Waals surface area (Å²) < 4.78 is 5.62. The van der Waals surface area contributed by atoms with Gasteiger partial charge in [0, 0.05) is 6.61 Å². The van der Waals surface area contributed by atoms with Crippen LogP contribution in [0.4, 0.5) is 0 Å². The van der Waals surface area contributed by atoms with Gasteiger partial charge in [-0.25, -0.2) is 0 Å². The normalized spacial score (nSPS) is 18.6. The molecule has 0 heterocycles. The van der Waals surface area contributed by atoms with E-state index in [1.165, 1.54) is 0 Å². The van der Waals surface area contributed by atoms with Gasteiger partial charge in [0.15, 0.2) is 0 Å². The Morgan fingerprint density at radius 2 is 2.06 bits per heavy atom. The fourth-order valence-corrected chi connectivity index (χ4v) is 2.24. The van der Waals surface area contributed by atoms with Crippen LogP contribution in [0.1, 0.15) is 52.4 Å². The third-order valence-electron chi connectivity index (χ3n) is 3.57. The summed E-state index contributed by atoms with van der Waals surface area (Å²) in [6.07, 6.45) is 6.26. The molecule has 2 N–H and O–H groups in total. The molecule has 0 radical (unpaired) electrons. The Hall–Kier alpha value is -0.610. The predicted octanol–water partition coefficient (Wildman–Crippen LogP) is 2.43. The van der Waals surface area contributed by atoms with Gasteiger partial charge in [0.1, 0.15) is 5.54 Å². The van der Waals surface area contributed by atoms with Crippen molar-refractivity contribution in [3.05, 3.63) is 0 Å². The summed E-state index contributed by atoms with van der Waals surface area (Å²) in [6, 6.07) is 0. The molecule has 4 nitrogen and oxygen atoms in total. The molecule has 0 amide bonds. The molecule has 0 aliphatic heterocycles. The van der Waals surface area contributed by atoms with Crippen LogP contribution in [0.25, 0.3) is 0 Å².